The van der Waals surface area contributed by atoms with Crippen LogP contribution in [-0.4, -0.2) is 26.0 Å². The van der Waals surface area contributed by atoms with Gasteiger partial charge in [0.15, 0.2) is 0 Å². The molecule has 0 saturated carbocycles. The maximum absolute atomic E-state index is 12.3. The van der Waals surface area contributed by atoms with Gasteiger partial charge in [-0.2, -0.15) is 0 Å². The van der Waals surface area contributed by atoms with E-state index in [0.29, 0.717) is 11.4 Å². The van der Waals surface area contributed by atoms with E-state index >= 15 is 0 Å². The number of hydrogen-bond donors (Lipinski definition) is 1. The minimum atomic E-state index is -4.72. The van der Waals surface area contributed by atoms with E-state index in [-0.39, 0.29) is 12.4 Å². The average molecular weight is 359 g/mol. The molecule has 0 aliphatic heterocycles. The van der Waals surface area contributed by atoms with Crippen molar-refractivity contribution < 1.29 is 23.0 Å². The van der Waals surface area contributed by atoms with Crippen molar-refractivity contribution in [1.82, 2.24) is 14.5 Å². The highest BCUT2D eigenvalue weighted by molar-refractivity contribution is 6.04. The van der Waals surface area contributed by atoms with Crippen LogP contribution in [0, 0.1) is 0 Å². The summed E-state index contributed by atoms with van der Waals surface area (Å²) in [6.07, 6.45) is -1.47. The number of hydrogen-bond acceptors (Lipinski definition) is 4. The molecule has 0 spiro atoms. The molecule has 0 radical (unpaired) electrons. The largest absolute Gasteiger partial charge is 0.573 e. The van der Waals surface area contributed by atoms with E-state index in [9.17, 15) is 18.3 Å². The highest BCUT2D eigenvalue weighted by atomic mass is 19.4. The second-order valence-electron chi connectivity index (χ2n) is 5.64. The second-order valence-corrected chi connectivity index (χ2v) is 5.64. The van der Waals surface area contributed by atoms with Crippen LogP contribution < -0.4 is 4.74 Å². The Kier molecular flexibility index (Phi) is 3.77. The maximum Gasteiger partial charge on any atom is 0.573 e. The summed E-state index contributed by atoms with van der Waals surface area (Å²) in [5.41, 5.74) is 2.73. The van der Waals surface area contributed by atoms with Gasteiger partial charge in [0.2, 0.25) is 0 Å². The summed E-state index contributed by atoms with van der Waals surface area (Å²) in [7, 11) is 0. The number of alkyl halides is 3. The monoisotopic (exact) mass is 359 g/mol. The standard InChI is InChI=1S/C18H12F3N3O2/c19-18(20,21)26-14-4-2-13(3-5-14)24-10-23-17-15-8-22-12(9-25)7-11(15)1-6-16(17)24/h1-8,10,25H,9H2. The van der Waals surface area contributed by atoms with E-state index in [1.807, 2.05) is 12.1 Å². The van der Waals surface area contributed by atoms with Crippen molar-refractivity contribution >= 4 is 21.8 Å². The van der Waals surface area contributed by atoms with E-state index in [4.69, 9.17) is 0 Å². The van der Waals surface area contributed by atoms with E-state index in [1.165, 1.54) is 24.3 Å². The predicted molar refractivity (Wildman–Crippen MR) is 89.0 cm³/mol. The third-order valence-electron chi connectivity index (χ3n) is 3.98. The molecule has 0 amide bonds. The van der Waals surface area contributed by atoms with Gasteiger partial charge in [-0.3, -0.25) is 9.55 Å². The molecule has 0 aliphatic carbocycles. The molecule has 4 rings (SSSR count). The number of ether oxygens (including phenoxy) is 1. The third-order valence-corrected chi connectivity index (χ3v) is 3.98. The van der Waals surface area contributed by atoms with Crippen molar-refractivity contribution in [3.05, 3.63) is 60.7 Å². The van der Waals surface area contributed by atoms with E-state index in [1.54, 1.807) is 23.2 Å². The van der Waals surface area contributed by atoms with Crippen LogP contribution in [0.15, 0.2) is 55.0 Å². The van der Waals surface area contributed by atoms with Gasteiger partial charge in [-0.05, 0) is 41.8 Å². The first-order chi connectivity index (χ1) is 12.4. The molecule has 2 heterocycles. The fraction of sp³-hybridized carbons (Fsp3) is 0.111. The lowest BCUT2D eigenvalue weighted by molar-refractivity contribution is -0.274. The van der Waals surface area contributed by atoms with Crippen molar-refractivity contribution in [3.63, 3.8) is 0 Å². The topological polar surface area (TPSA) is 60.2 Å². The van der Waals surface area contributed by atoms with Crippen molar-refractivity contribution in [1.29, 1.82) is 0 Å². The zero-order valence-electron chi connectivity index (χ0n) is 13.2. The van der Waals surface area contributed by atoms with Crippen LogP contribution in [0.2, 0.25) is 0 Å². The van der Waals surface area contributed by atoms with Crippen molar-refractivity contribution in [2.45, 2.75) is 13.0 Å². The van der Waals surface area contributed by atoms with Crippen LogP contribution in [0.1, 0.15) is 5.69 Å². The Morgan fingerprint density at radius 2 is 1.81 bits per heavy atom. The van der Waals surface area contributed by atoms with Crippen molar-refractivity contribution in [3.8, 4) is 11.4 Å². The fourth-order valence-electron chi connectivity index (χ4n) is 2.85. The Balaban J connectivity index is 1.76. The van der Waals surface area contributed by atoms with Crippen LogP contribution in [0.4, 0.5) is 13.2 Å². The molecule has 4 aromatic rings. The van der Waals surface area contributed by atoms with Crippen molar-refractivity contribution in [2.24, 2.45) is 0 Å². The summed E-state index contributed by atoms with van der Waals surface area (Å²) in [4.78, 5) is 8.59. The molecule has 1 N–H and O–H groups in total. The van der Waals surface area contributed by atoms with Crippen LogP contribution in [0.3, 0.4) is 0 Å². The van der Waals surface area contributed by atoms with Gasteiger partial charge in [-0.15, -0.1) is 13.2 Å². The Labute approximate surface area is 145 Å². The molecule has 0 bridgehead atoms. The first-order valence-corrected chi connectivity index (χ1v) is 7.66. The molecule has 132 valence electrons. The third kappa shape index (κ3) is 2.95. The van der Waals surface area contributed by atoms with Gasteiger partial charge in [0, 0.05) is 17.3 Å². The molecule has 26 heavy (non-hydrogen) atoms. The van der Waals surface area contributed by atoms with Crippen molar-refractivity contribution in [2.75, 3.05) is 0 Å². The Bertz CT molecular complexity index is 1090. The smallest absolute Gasteiger partial charge is 0.406 e. The summed E-state index contributed by atoms with van der Waals surface area (Å²) in [5, 5.41) is 10.9. The number of pyridine rings is 1. The highest BCUT2D eigenvalue weighted by Gasteiger charge is 2.31. The van der Waals surface area contributed by atoms with Crippen LogP contribution >= 0.6 is 0 Å². The van der Waals surface area contributed by atoms with E-state index in [0.717, 1.165) is 21.8 Å². The lowest BCUT2D eigenvalue weighted by atomic mass is 10.1. The van der Waals surface area contributed by atoms with E-state index < -0.39 is 6.36 Å². The number of fused-ring (bicyclic) bond motifs is 3. The zero-order chi connectivity index (χ0) is 18.3. The van der Waals surface area contributed by atoms with Gasteiger partial charge in [0.25, 0.3) is 0 Å². The summed E-state index contributed by atoms with van der Waals surface area (Å²) in [6, 6.07) is 11.1. The van der Waals surface area contributed by atoms with E-state index in [2.05, 4.69) is 14.7 Å². The molecule has 8 heteroatoms. The average Bonchev–Trinajstić information content (AvgIpc) is 3.05. The Hall–Kier alpha value is -3.13. The normalized spacial score (nSPS) is 12.0. The number of aromatic nitrogens is 3. The number of halogens is 3. The molecule has 0 saturated heterocycles. The maximum atomic E-state index is 12.3. The quantitative estimate of drug-likeness (QED) is 0.601. The Morgan fingerprint density at radius 1 is 1.04 bits per heavy atom. The van der Waals surface area contributed by atoms with Gasteiger partial charge in [-0.1, -0.05) is 6.07 Å². The number of aliphatic hydroxyl groups is 1. The fourth-order valence-corrected chi connectivity index (χ4v) is 2.85. The molecule has 5 nitrogen and oxygen atoms in total. The second kappa shape index (κ2) is 5.99. The van der Waals surface area contributed by atoms with Crippen LogP contribution in [0.5, 0.6) is 5.75 Å². The summed E-state index contributed by atoms with van der Waals surface area (Å²) >= 11 is 0. The summed E-state index contributed by atoms with van der Waals surface area (Å²) in [6.45, 7) is -0.144. The molecular weight excluding hydrogens is 347 g/mol. The minimum Gasteiger partial charge on any atom is -0.406 e. The van der Waals surface area contributed by atoms with Gasteiger partial charge in [0.05, 0.1) is 23.3 Å². The molecule has 2 aromatic carbocycles. The highest BCUT2D eigenvalue weighted by Crippen LogP contribution is 2.28. The Morgan fingerprint density at radius 3 is 2.50 bits per heavy atom. The number of benzene rings is 2. The molecule has 2 aromatic heterocycles. The van der Waals surface area contributed by atoms with Crippen LogP contribution in [-0.2, 0) is 6.61 Å². The lowest BCUT2D eigenvalue weighted by Gasteiger charge is -2.10. The zero-order valence-corrected chi connectivity index (χ0v) is 13.2. The molecular formula is C18H12F3N3O2. The molecule has 0 aliphatic rings. The summed E-state index contributed by atoms with van der Waals surface area (Å²) < 4.78 is 42.5. The van der Waals surface area contributed by atoms with Gasteiger partial charge in [-0.25, -0.2) is 4.98 Å². The molecule has 0 unspecified atom stereocenters. The number of imidazole rings is 1. The predicted octanol–water partition coefficient (Wildman–Crippen LogP) is 3.96. The molecule has 0 atom stereocenters. The first kappa shape index (κ1) is 16.3. The van der Waals surface area contributed by atoms with Gasteiger partial charge >= 0.3 is 6.36 Å². The first-order valence-electron chi connectivity index (χ1n) is 7.66. The van der Waals surface area contributed by atoms with Crippen LogP contribution in [0.25, 0.3) is 27.5 Å². The summed E-state index contributed by atoms with van der Waals surface area (Å²) in [5.74, 6) is -0.281. The minimum absolute atomic E-state index is 0.144. The van der Waals surface area contributed by atoms with Gasteiger partial charge < -0.3 is 9.84 Å². The number of nitrogens with zero attached hydrogens (tertiary/aromatic N) is 3. The lowest BCUT2D eigenvalue weighted by Crippen LogP contribution is -2.17. The number of aliphatic hydroxyl groups excluding tert-OH is 1. The SMILES string of the molecule is OCc1cc2ccc3c(ncn3-c3ccc(OC(F)(F)F)cc3)c2cn1. The number of rotatable bonds is 3. The van der Waals surface area contributed by atoms with Gasteiger partial charge in [0.1, 0.15) is 12.1 Å². The molecule has 0 fully saturated rings.